The highest BCUT2D eigenvalue weighted by Crippen LogP contribution is 2.32. The molecule has 1 heterocycles. The maximum atomic E-state index is 12.1. The van der Waals surface area contributed by atoms with Crippen LogP contribution in [-0.2, 0) is 13.8 Å². The van der Waals surface area contributed by atoms with E-state index >= 15 is 0 Å². The normalized spacial score (nSPS) is 19.7. The average Bonchev–Trinajstić information content (AvgIpc) is 2.55. The fourth-order valence-corrected chi connectivity index (χ4v) is 4.31. The van der Waals surface area contributed by atoms with Gasteiger partial charge >= 0.3 is 0 Å². The summed E-state index contributed by atoms with van der Waals surface area (Å²) in [6, 6.07) is 4.06. The van der Waals surface area contributed by atoms with Crippen LogP contribution in [0.15, 0.2) is 12.1 Å². The molecule has 1 fully saturated rings. The van der Waals surface area contributed by atoms with Crippen LogP contribution < -0.4 is 4.90 Å². The topological polar surface area (TPSA) is 54.5 Å². The summed E-state index contributed by atoms with van der Waals surface area (Å²) < 4.78 is 22.3. The zero-order valence-corrected chi connectivity index (χ0v) is 13.4. The van der Waals surface area contributed by atoms with Gasteiger partial charge in [-0.15, -0.1) is 0 Å². The van der Waals surface area contributed by atoms with Crippen molar-refractivity contribution >= 4 is 31.3 Å². The lowest BCUT2D eigenvalue weighted by Gasteiger charge is -2.22. The highest BCUT2D eigenvalue weighted by atomic mass is 35.7. The summed E-state index contributed by atoms with van der Waals surface area (Å²) in [7, 11) is 1.71. The van der Waals surface area contributed by atoms with Gasteiger partial charge in [-0.1, -0.05) is 17.7 Å². The zero-order chi connectivity index (χ0) is 15.1. The standard InChI is InChI=1S/C14H18ClNO3S/c1-9-4-10(2)14(11(3)5-9)16-7-12(6-13(16)17)8-20(15,18)19/h4-5,12H,6-8H2,1-3H3. The molecule has 0 bridgehead atoms. The van der Waals surface area contributed by atoms with Crippen molar-refractivity contribution in [3.63, 3.8) is 0 Å². The molecule has 1 atom stereocenters. The van der Waals surface area contributed by atoms with Gasteiger partial charge in [0.2, 0.25) is 15.0 Å². The third kappa shape index (κ3) is 3.33. The summed E-state index contributed by atoms with van der Waals surface area (Å²) in [6.07, 6.45) is 0.235. The predicted molar refractivity (Wildman–Crippen MR) is 80.8 cm³/mol. The number of amides is 1. The molecule has 1 aromatic carbocycles. The monoisotopic (exact) mass is 315 g/mol. The number of hydrogen-bond donors (Lipinski definition) is 0. The molecular weight excluding hydrogens is 298 g/mol. The molecule has 0 spiro atoms. The van der Waals surface area contributed by atoms with E-state index < -0.39 is 9.05 Å². The summed E-state index contributed by atoms with van der Waals surface area (Å²) in [6.45, 7) is 6.36. The second-order valence-electron chi connectivity index (χ2n) is 5.53. The van der Waals surface area contributed by atoms with Crippen LogP contribution in [0.3, 0.4) is 0 Å². The van der Waals surface area contributed by atoms with E-state index in [1.54, 1.807) is 4.90 Å². The van der Waals surface area contributed by atoms with Gasteiger partial charge in [0.05, 0.1) is 5.75 Å². The molecule has 6 heteroatoms. The fourth-order valence-electron chi connectivity index (χ4n) is 2.99. The Kier molecular flexibility index (Phi) is 4.12. The molecule has 0 saturated carbocycles. The first-order valence-corrected chi connectivity index (χ1v) is 8.96. The molecule has 1 aliphatic heterocycles. The second kappa shape index (κ2) is 5.37. The summed E-state index contributed by atoms with van der Waals surface area (Å²) in [5.74, 6) is -0.420. The van der Waals surface area contributed by atoms with Gasteiger partial charge in [-0.25, -0.2) is 8.42 Å². The molecule has 2 rings (SSSR count). The number of nitrogens with zero attached hydrogens (tertiary/aromatic N) is 1. The average molecular weight is 316 g/mol. The van der Waals surface area contributed by atoms with Crippen molar-refractivity contribution in [1.29, 1.82) is 0 Å². The number of halogens is 1. The third-order valence-electron chi connectivity index (χ3n) is 3.55. The highest BCUT2D eigenvalue weighted by molar-refractivity contribution is 8.13. The Labute approximate surface area is 124 Å². The smallest absolute Gasteiger partial charge is 0.232 e. The van der Waals surface area contributed by atoms with Crippen LogP contribution >= 0.6 is 10.7 Å². The summed E-state index contributed by atoms with van der Waals surface area (Å²) in [4.78, 5) is 13.8. The Hall–Kier alpha value is -1.07. The predicted octanol–water partition coefficient (Wildman–Crippen LogP) is 2.53. The molecule has 1 amide bonds. The maximum absolute atomic E-state index is 12.1. The van der Waals surface area contributed by atoms with E-state index in [-0.39, 0.29) is 24.0 Å². The Balaban J connectivity index is 2.29. The van der Waals surface area contributed by atoms with Crippen LogP contribution in [0.5, 0.6) is 0 Å². The Bertz CT molecular complexity index is 631. The van der Waals surface area contributed by atoms with Crippen molar-refractivity contribution in [1.82, 2.24) is 0 Å². The number of carbonyl (C=O) groups excluding carboxylic acids is 1. The molecular formula is C14H18ClNO3S. The van der Waals surface area contributed by atoms with Gasteiger partial charge < -0.3 is 4.90 Å². The van der Waals surface area contributed by atoms with E-state index in [9.17, 15) is 13.2 Å². The van der Waals surface area contributed by atoms with E-state index in [1.807, 2.05) is 32.9 Å². The number of benzene rings is 1. The van der Waals surface area contributed by atoms with Gasteiger partial charge in [0.25, 0.3) is 0 Å². The minimum Gasteiger partial charge on any atom is -0.312 e. The number of carbonyl (C=O) groups is 1. The molecule has 0 aliphatic carbocycles. The van der Waals surface area contributed by atoms with Crippen LogP contribution in [0, 0.1) is 26.7 Å². The minimum atomic E-state index is -3.57. The van der Waals surface area contributed by atoms with Crippen molar-refractivity contribution in [2.45, 2.75) is 27.2 Å². The Morgan fingerprint density at radius 1 is 1.25 bits per heavy atom. The molecule has 110 valence electrons. The molecule has 20 heavy (non-hydrogen) atoms. The third-order valence-corrected chi connectivity index (χ3v) is 4.79. The molecule has 4 nitrogen and oxygen atoms in total. The lowest BCUT2D eigenvalue weighted by atomic mass is 10.0. The number of rotatable bonds is 3. The van der Waals surface area contributed by atoms with Crippen molar-refractivity contribution in [2.24, 2.45) is 5.92 Å². The number of hydrogen-bond acceptors (Lipinski definition) is 3. The van der Waals surface area contributed by atoms with E-state index in [0.717, 1.165) is 22.4 Å². The van der Waals surface area contributed by atoms with Gasteiger partial charge in [0, 0.05) is 35.3 Å². The highest BCUT2D eigenvalue weighted by Gasteiger charge is 2.34. The van der Waals surface area contributed by atoms with Crippen LogP contribution in [0.4, 0.5) is 5.69 Å². The summed E-state index contributed by atoms with van der Waals surface area (Å²) in [5.41, 5.74) is 4.11. The van der Waals surface area contributed by atoms with E-state index in [2.05, 4.69) is 0 Å². The van der Waals surface area contributed by atoms with Crippen LogP contribution in [0.2, 0.25) is 0 Å². The van der Waals surface area contributed by atoms with E-state index in [4.69, 9.17) is 10.7 Å². The number of aryl methyl sites for hydroxylation is 3. The first kappa shape index (κ1) is 15.3. The molecule has 0 N–H and O–H groups in total. The molecule has 1 aromatic rings. The molecule has 1 aliphatic rings. The Morgan fingerprint density at radius 3 is 2.30 bits per heavy atom. The zero-order valence-electron chi connectivity index (χ0n) is 11.8. The van der Waals surface area contributed by atoms with Crippen LogP contribution in [0.25, 0.3) is 0 Å². The maximum Gasteiger partial charge on any atom is 0.232 e. The van der Waals surface area contributed by atoms with Gasteiger partial charge in [-0.2, -0.15) is 0 Å². The summed E-state index contributed by atoms with van der Waals surface area (Å²) in [5, 5.41) is 0. The lowest BCUT2D eigenvalue weighted by Crippen LogP contribution is -2.27. The van der Waals surface area contributed by atoms with Crippen molar-refractivity contribution in [3.8, 4) is 0 Å². The number of anilines is 1. The molecule has 1 unspecified atom stereocenters. The summed E-state index contributed by atoms with van der Waals surface area (Å²) >= 11 is 0. The largest absolute Gasteiger partial charge is 0.312 e. The van der Waals surface area contributed by atoms with E-state index in [1.165, 1.54) is 0 Å². The fraction of sp³-hybridized carbons (Fsp3) is 0.500. The van der Waals surface area contributed by atoms with Gasteiger partial charge in [0.15, 0.2) is 0 Å². The SMILES string of the molecule is Cc1cc(C)c(N2CC(CS(=O)(=O)Cl)CC2=O)c(C)c1. The molecule has 0 radical (unpaired) electrons. The van der Waals surface area contributed by atoms with Crippen molar-refractivity contribution in [2.75, 3.05) is 17.2 Å². The molecule has 0 aromatic heterocycles. The van der Waals surface area contributed by atoms with E-state index in [0.29, 0.717) is 6.54 Å². The molecule has 1 saturated heterocycles. The van der Waals surface area contributed by atoms with Gasteiger partial charge in [-0.3, -0.25) is 4.79 Å². The van der Waals surface area contributed by atoms with Crippen molar-refractivity contribution in [3.05, 3.63) is 28.8 Å². The van der Waals surface area contributed by atoms with Crippen molar-refractivity contribution < 1.29 is 13.2 Å². The second-order valence-corrected chi connectivity index (χ2v) is 8.35. The first-order chi connectivity index (χ1) is 9.17. The lowest BCUT2D eigenvalue weighted by molar-refractivity contribution is -0.117. The van der Waals surface area contributed by atoms with Crippen LogP contribution in [-0.4, -0.2) is 26.6 Å². The Morgan fingerprint density at radius 2 is 1.80 bits per heavy atom. The quantitative estimate of drug-likeness (QED) is 0.805. The van der Waals surface area contributed by atoms with Crippen LogP contribution in [0.1, 0.15) is 23.1 Å². The first-order valence-electron chi connectivity index (χ1n) is 6.48. The van der Waals surface area contributed by atoms with Gasteiger partial charge in [0.1, 0.15) is 0 Å². The van der Waals surface area contributed by atoms with Gasteiger partial charge in [-0.05, 0) is 31.9 Å². The minimum absolute atomic E-state index is 0.0367.